The van der Waals surface area contributed by atoms with Crippen LogP contribution in [0, 0.1) is 12.7 Å². The Balaban J connectivity index is 1.75. The van der Waals surface area contributed by atoms with Gasteiger partial charge in [0.25, 0.3) is 5.91 Å². The van der Waals surface area contributed by atoms with Gasteiger partial charge in [0.05, 0.1) is 11.4 Å². The number of carbonyl (C=O) groups excluding carboxylic acids is 1. The number of hydrogen-bond acceptors (Lipinski definition) is 3. The Morgan fingerprint density at radius 1 is 1.03 bits per heavy atom. The van der Waals surface area contributed by atoms with Crippen molar-refractivity contribution in [3.05, 3.63) is 106 Å². The molecule has 0 bridgehead atoms. The first kappa shape index (κ1) is 19.6. The molecule has 0 aliphatic rings. The quantitative estimate of drug-likeness (QED) is 0.530. The molecule has 1 amide bonds. The summed E-state index contributed by atoms with van der Waals surface area (Å²) >= 11 is 6.11. The molecule has 2 aromatic carbocycles. The van der Waals surface area contributed by atoms with Crippen molar-refractivity contribution < 1.29 is 9.18 Å². The topological polar surface area (TPSA) is 68.9 Å². The second-order valence-electron chi connectivity index (χ2n) is 6.57. The molecular weight excluding hydrogens is 407 g/mol. The summed E-state index contributed by atoms with van der Waals surface area (Å²) in [5.41, 5.74) is 0.707. The van der Waals surface area contributed by atoms with Crippen LogP contribution >= 0.6 is 11.6 Å². The third-order valence-corrected chi connectivity index (χ3v) is 4.73. The Morgan fingerprint density at radius 3 is 2.50 bits per heavy atom. The normalized spacial score (nSPS) is 10.8. The minimum Gasteiger partial charge on any atom is -0.322 e. The monoisotopic (exact) mass is 422 g/mol. The van der Waals surface area contributed by atoms with Crippen molar-refractivity contribution in [3.8, 4) is 11.4 Å². The lowest BCUT2D eigenvalue weighted by molar-refractivity contribution is 0.101. The summed E-state index contributed by atoms with van der Waals surface area (Å²) in [6, 6.07) is 15.9. The van der Waals surface area contributed by atoms with E-state index >= 15 is 0 Å². The van der Waals surface area contributed by atoms with Gasteiger partial charge in [0.1, 0.15) is 11.5 Å². The fourth-order valence-electron chi connectivity index (χ4n) is 3.07. The standard InChI is InChI=1S/C22H16ClFN4O2/c1-14-12-20(29)21(26-28(14)18-7-3-2-6-16(18)24)22(30)25-17-9-8-15(23)13-19(17)27-10-4-5-11-27/h2-13H,1H3,(H,25,30). The molecule has 0 saturated heterocycles. The van der Waals surface area contributed by atoms with E-state index in [4.69, 9.17) is 11.6 Å². The summed E-state index contributed by atoms with van der Waals surface area (Å²) in [5, 5.41) is 7.33. The molecule has 1 N–H and O–H groups in total. The number of aryl methyl sites for hydroxylation is 1. The maximum atomic E-state index is 14.2. The van der Waals surface area contributed by atoms with Crippen LogP contribution in [0.4, 0.5) is 10.1 Å². The van der Waals surface area contributed by atoms with E-state index < -0.39 is 17.2 Å². The molecule has 0 saturated carbocycles. The number of halogens is 2. The highest BCUT2D eigenvalue weighted by atomic mass is 35.5. The second-order valence-corrected chi connectivity index (χ2v) is 7.00. The number of nitrogens with zero attached hydrogens (tertiary/aromatic N) is 3. The zero-order valence-corrected chi connectivity index (χ0v) is 16.6. The predicted molar refractivity (Wildman–Crippen MR) is 113 cm³/mol. The highest BCUT2D eigenvalue weighted by Crippen LogP contribution is 2.25. The second kappa shape index (κ2) is 7.96. The highest BCUT2D eigenvalue weighted by molar-refractivity contribution is 6.31. The zero-order chi connectivity index (χ0) is 21.3. The van der Waals surface area contributed by atoms with Gasteiger partial charge in [-0.2, -0.15) is 5.10 Å². The number of nitrogens with one attached hydrogen (secondary N) is 1. The van der Waals surface area contributed by atoms with E-state index in [1.807, 2.05) is 12.1 Å². The lowest BCUT2D eigenvalue weighted by atomic mass is 10.2. The largest absolute Gasteiger partial charge is 0.322 e. The van der Waals surface area contributed by atoms with E-state index in [0.29, 0.717) is 22.1 Å². The van der Waals surface area contributed by atoms with Crippen molar-refractivity contribution in [2.24, 2.45) is 0 Å². The number of aromatic nitrogens is 3. The average molecular weight is 423 g/mol. The van der Waals surface area contributed by atoms with Crippen molar-refractivity contribution in [2.75, 3.05) is 5.32 Å². The first-order valence-electron chi connectivity index (χ1n) is 9.04. The van der Waals surface area contributed by atoms with Crippen molar-refractivity contribution >= 4 is 23.2 Å². The van der Waals surface area contributed by atoms with Crippen LogP contribution < -0.4 is 10.7 Å². The molecule has 4 rings (SSSR count). The molecule has 30 heavy (non-hydrogen) atoms. The summed E-state index contributed by atoms with van der Waals surface area (Å²) in [7, 11) is 0. The van der Waals surface area contributed by atoms with E-state index in [1.54, 1.807) is 54.2 Å². The predicted octanol–water partition coefficient (Wildman–Crippen LogP) is 4.38. The van der Waals surface area contributed by atoms with E-state index in [-0.39, 0.29) is 11.4 Å². The van der Waals surface area contributed by atoms with Gasteiger partial charge in [-0.1, -0.05) is 23.7 Å². The average Bonchev–Trinajstić information content (AvgIpc) is 3.25. The molecule has 0 atom stereocenters. The lowest BCUT2D eigenvalue weighted by Crippen LogP contribution is -2.27. The summed E-state index contributed by atoms with van der Waals surface area (Å²) in [6.07, 6.45) is 3.60. The molecule has 0 fully saturated rings. The van der Waals surface area contributed by atoms with Gasteiger partial charge < -0.3 is 9.88 Å². The number of rotatable bonds is 4. The highest BCUT2D eigenvalue weighted by Gasteiger charge is 2.18. The number of para-hydroxylation sites is 1. The molecule has 8 heteroatoms. The fourth-order valence-corrected chi connectivity index (χ4v) is 3.24. The van der Waals surface area contributed by atoms with Gasteiger partial charge >= 0.3 is 0 Å². The van der Waals surface area contributed by atoms with Gasteiger partial charge in [0, 0.05) is 29.2 Å². The minimum absolute atomic E-state index is 0.142. The fraction of sp³-hybridized carbons (Fsp3) is 0.0455. The molecular formula is C22H16ClFN4O2. The Bertz CT molecular complexity index is 1300. The number of amides is 1. The molecule has 2 heterocycles. The zero-order valence-electron chi connectivity index (χ0n) is 15.8. The summed E-state index contributed by atoms with van der Waals surface area (Å²) in [4.78, 5) is 25.3. The maximum Gasteiger partial charge on any atom is 0.280 e. The number of carbonyl (C=O) groups is 1. The SMILES string of the molecule is Cc1cc(=O)c(C(=O)Nc2ccc(Cl)cc2-n2cccc2)nn1-c1ccccc1F. The Hall–Kier alpha value is -3.71. The van der Waals surface area contributed by atoms with Crippen LogP contribution in [0.3, 0.4) is 0 Å². The van der Waals surface area contributed by atoms with Crippen LogP contribution in [0.15, 0.2) is 77.9 Å². The van der Waals surface area contributed by atoms with Crippen LogP contribution in [0.1, 0.15) is 16.2 Å². The van der Waals surface area contributed by atoms with E-state index in [0.717, 1.165) is 0 Å². The lowest BCUT2D eigenvalue weighted by Gasteiger charge is -2.14. The summed E-state index contributed by atoms with van der Waals surface area (Å²) in [5.74, 6) is -1.23. The molecule has 4 aromatic rings. The van der Waals surface area contributed by atoms with Crippen molar-refractivity contribution in [1.29, 1.82) is 0 Å². The van der Waals surface area contributed by atoms with Crippen LogP contribution in [-0.2, 0) is 0 Å². The van der Waals surface area contributed by atoms with Gasteiger partial charge in [0.15, 0.2) is 5.69 Å². The number of hydrogen-bond donors (Lipinski definition) is 1. The van der Waals surface area contributed by atoms with Crippen molar-refractivity contribution in [3.63, 3.8) is 0 Å². The number of anilines is 1. The van der Waals surface area contributed by atoms with Gasteiger partial charge in [0.2, 0.25) is 5.43 Å². The first-order valence-corrected chi connectivity index (χ1v) is 9.42. The minimum atomic E-state index is -0.708. The summed E-state index contributed by atoms with van der Waals surface area (Å²) in [6.45, 7) is 1.62. The molecule has 6 nitrogen and oxygen atoms in total. The van der Waals surface area contributed by atoms with Crippen molar-refractivity contribution in [2.45, 2.75) is 6.92 Å². The Kier molecular flexibility index (Phi) is 5.20. The molecule has 0 spiro atoms. The van der Waals surface area contributed by atoms with Crippen molar-refractivity contribution in [1.82, 2.24) is 14.3 Å². The molecule has 0 aliphatic carbocycles. The summed E-state index contributed by atoms with van der Waals surface area (Å²) < 4.78 is 17.2. The third-order valence-electron chi connectivity index (χ3n) is 4.49. The Labute approximate surface area is 176 Å². The van der Waals surface area contributed by atoms with Gasteiger partial charge in [-0.3, -0.25) is 9.59 Å². The third kappa shape index (κ3) is 3.75. The van der Waals surface area contributed by atoms with Gasteiger partial charge in [-0.05, 0) is 49.4 Å². The van der Waals surface area contributed by atoms with E-state index in [9.17, 15) is 14.0 Å². The number of benzene rings is 2. The van der Waals surface area contributed by atoms with Gasteiger partial charge in [-0.15, -0.1) is 0 Å². The van der Waals surface area contributed by atoms with Crippen LogP contribution in [0.2, 0.25) is 5.02 Å². The van der Waals surface area contributed by atoms with Gasteiger partial charge in [-0.25, -0.2) is 9.07 Å². The maximum absolute atomic E-state index is 14.2. The van der Waals surface area contributed by atoms with E-state index in [1.165, 1.54) is 22.9 Å². The molecule has 0 radical (unpaired) electrons. The molecule has 0 aliphatic heterocycles. The molecule has 2 aromatic heterocycles. The van der Waals surface area contributed by atoms with Crippen LogP contribution in [0.5, 0.6) is 0 Å². The molecule has 0 unspecified atom stereocenters. The van der Waals surface area contributed by atoms with Crippen LogP contribution in [0.25, 0.3) is 11.4 Å². The first-order chi connectivity index (χ1) is 14.4. The Morgan fingerprint density at radius 2 is 1.77 bits per heavy atom. The molecule has 150 valence electrons. The smallest absolute Gasteiger partial charge is 0.280 e. The van der Waals surface area contributed by atoms with Crippen LogP contribution in [-0.4, -0.2) is 20.3 Å². The van der Waals surface area contributed by atoms with E-state index in [2.05, 4.69) is 10.4 Å².